The Hall–Kier alpha value is -1.39. The minimum absolute atomic E-state index is 0.155. The van der Waals surface area contributed by atoms with Crippen LogP contribution in [0.5, 0.6) is 0 Å². The fourth-order valence-electron chi connectivity index (χ4n) is 2.48. The number of nitrogens with zero attached hydrogens (tertiary/aromatic N) is 3. The molecular weight excluding hydrogens is 284 g/mol. The molecule has 1 aromatic carbocycles. The molecule has 4 nitrogen and oxygen atoms in total. The average Bonchev–Trinajstić information content (AvgIpc) is 2.86. The van der Waals surface area contributed by atoms with E-state index in [-0.39, 0.29) is 6.04 Å². The molecule has 0 radical (unpaired) electrons. The second-order valence-corrected chi connectivity index (χ2v) is 5.65. The number of rotatable bonds is 7. The molecule has 2 aromatic rings. The molecule has 0 saturated carbocycles. The van der Waals surface area contributed by atoms with Crippen LogP contribution in [-0.4, -0.2) is 21.3 Å². The lowest BCUT2D eigenvalue weighted by Gasteiger charge is -2.20. The zero-order chi connectivity index (χ0) is 15.2. The first kappa shape index (κ1) is 16.0. The van der Waals surface area contributed by atoms with Crippen molar-refractivity contribution >= 4 is 11.6 Å². The Morgan fingerprint density at radius 1 is 1.33 bits per heavy atom. The lowest BCUT2D eigenvalue weighted by atomic mass is 10.0. The van der Waals surface area contributed by atoms with Gasteiger partial charge < -0.3 is 5.32 Å². The lowest BCUT2D eigenvalue weighted by Crippen LogP contribution is -2.25. The van der Waals surface area contributed by atoms with Gasteiger partial charge in [0.15, 0.2) is 0 Å². The number of hydrogen-bond acceptors (Lipinski definition) is 3. The quantitative estimate of drug-likeness (QED) is 0.851. The van der Waals surface area contributed by atoms with E-state index in [1.807, 2.05) is 10.7 Å². The van der Waals surface area contributed by atoms with E-state index in [1.165, 1.54) is 5.56 Å². The van der Waals surface area contributed by atoms with Crippen LogP contribution in [0.1, 0.15) is 43.3 Å². The predicted octanol–water partition coefficient (Wildman–Crippen LogP) is 3.54. The van der Waals surface area contributed by atoms with Gasteiger partial charge in [0.05, 0.1) is 0 Å². The number of aryl methyl sites for hydroxylation is 2. The van der Waals surface area contributed by atoms with Crippen molar-refractivity contribution in [1.29, 1.82) is 0 Å². The molecule has 21 heavy (non-hydrogen) atoms. The van der Waals surface area contributed by atoms with Gasteiger partial charge in [0.25, 0.3) is 0 Å². The van der Waals surface area contributed by atoms with Crippen LogP contribution in [0, 0.1) is 6.92 Å². The summed E-state index contributed by atoms with van der Waals surface area (Å²) < 4.78 is 1.98. The highest BCUT2D eigenvalue weighted by Crippen LogP contribution is 2.26. The van der Waals surface area contributed by atoms with Gasteiger partial charge in [-0.25, -0.2) is 4.98 Å². The third kappa shape index (κ3) is 4.05. The topological polar surface area (TPSA) is 42.7 Å². The van der Waals surface area contributed by atoms with Crippen LogP contribution in [0.25, 0.3) is 0 Å². The molecule has 1 heterocycles. The van der Waals surface area contributed by atoms with Crippen LogP contribution < -0.4 is 5.32 Å². The van der Waals surface area contributed by atoms with Gasteiger partial charge in [-0.3, -0.25) is 4.68 Å². The molecule has 1 atom stereocenters. The molecule has 0 bridgehead atoms. The Bertz CT molecular complexity index is 579. The molecule has 2 rings (SSSR count). The molecule has 0 amide bonds. The highest BCUT2D eigenvalue weighted by Gasteiger charge is 2.17. The van der Waals surface area contributed by atoms with E-state index in [9.17, 15) is 0 Å². The van der Waals surface area contributed by atoms with Crippen molar-refractivity contribution in [2.45, 2.75) is 46.2 Å². The van der Waals surface area contributed by atoms with E-state index in [2.05, 4.69) is 48.3 Å². The van der Waals surface area contributed by atoms with Gasteiger partial charge in [0.2, 0.25) is 0 Å². The minimum atomic E-state index is 0.155. The number of halogens is 1. The molecule has 1 aromatic heterocycles. The Morgan fingerprint density at radius 3 is 2.81 bits per heavy atom. The summed E-state index contributed by atoms with van der Waals surface area (Å²) in [6, 6.07) is 6.37. The Kier molecular flexibility index (Phi) is 5.76. The number of hydrogen-bond donors (Lipinski definition) is 1. The summed E-state index contributed by atoms with van der Waals surface area (Å²) in [4.78, 5) is 4.40. The fourth-order valence-corrected chi connectivity index (χ4v) is 2.85. The summed E-state index contributed by atoms with van der Waals surface area (Å²) in [5.74, 6) is 0.999. The highest BCUT2D eigenvalue weighted by atomic mass is 35.5. The summed E-state index contributed by atoms with van der Waals surface area (Å²) in [5, 5.41) is 8.60. The Balaban J connectivity index is 2.24. The van der Waals surface area contributed by atoms with Gasteiger partial charge in [-0.05, 0) is 37.1 Å². The average molecular weight is 307 g/mol. The van der Waals surface area contributed by atoms with Gasteiger partial charge in [-0.2, -0.15) is 5.10 Å². The van der Waals surface area contributed by atoms with Crippen LogP contribution in [0.4, 0.5) is 0 Å². The summed E-state index contributed by atoms with van der Waals surface area (Å²) >= 11 is 6.42. The third-order valence-electron chi connectivity index (χ3n) is 3.50. The molecule has 1 unspecified atom stereocenters. The first-order chi connectivity index (χ1) is 10.2. The van der Waals surface area contributed by atoms with Crippen molar-refractivity contribution in [3.8, 4) is 0 Å². The van der Waals surface area contributed by atoms with Crippen molar-refractivity contribution in [1.82, 2.24) is 20.1 Å². The first-order valence-corrected chi connectivity index (χ1v) is 7.89. The van der Waals surface area contributed by atoms with Crippen molar-refractivity contribution in [2.75, 3.05) is 6.54 Å². The van der Waals surface area contributed by atoms with Crippen LogP contribution in [0.3, 0.4) is 0 Å². The Morgan fingerprint density at radius 2 is 2.14 bits per heavy atom. The zero-order valence-corrected chi connectivity index (χ0v) is 13.7. The first-order valence-electron chi connectivity index (χ1n) is 7.51. The van der Waals surface area contributed by atoms with Crippen molar-refractivity contribution in [3.05, 3.63) is 46.5 Å². The van der Waals surface area contributed by atoms with Gasteiger partial charge >= 0.3 is 0 Å². The standard InChI is InChI=1S/C16H23ClN4/c1-4-8-21-16(19-11-20-21)10-15(18-5-2)13-7-6-12(3)9-14(13)17/h6-7,9,11,15,18H,4-5,8,10H2,1-3H3. The van der Waals surface area contributed by atoms with Gasteiger partial charge in [0.1, 0.15) is 12.2 Å². The molecule has 0 aliphatic rings. The van der Waals surface area contributed by atoms with E-state index in [0.717, 1.165) is 42.3 Å². The minimum Gasteiger partial charge on any atom is -0.310 e. The molecule has 0 fully saturated rings. The number of benzene rings is 1. The number of aromatic nitrogens is 3. The molecular formula is C16H23ClN4. The molecule has 0 aliphatic heterocycles. The van der Waals surface area contributed by atoms with E-state index in [4.69, 9.17) is 11.6 Å². The molecule has 5 heteroatoms. The van der Waals surface area contributed by atoms with Crippen molar-refractivity contribution in [3.63, 3.8) is 0 Å². The summed E-state index contributed by atoms with van der Waals surface area (Å²) in [7, 11) is 0. The van der Waals surface area contributed by atoms with E-state index >= 15 is 0 Å². The zero-order valence-electron chi connectivity index (χ0n) is 12.9. The molecule has 114 valence electrons. The fraction of sp³-hybridized carbons (Fsp3) is 0.500. The van der Waals surface area contributed by atoms with Crippen molar-refractivity contribution < 1.29 is 0 Å². The summed E-state index contributed by atoms with van der Waals surface area (Å²) in [5.41, 5.74) is 2.29. The molecule has 1 N–H and O–H groups in total. The third-order valence-corrected chi connectivity index (χ3v) is 3.83. The maximum absolute atomic E-state index is 6.42. The monoisotopic (exact) mass is 306 g/mol. The normalized spacial score (nSPS) is 12.6. The molecule has 0 aliphatic carbocycles. The van der Waals surface area contributed by atoms with Crippen LogP contribution in [0.15, 0.2) is 24.5 Å². The number of nitrogens with one attached hydrogen (secondary N) is 1. The van der Waals surface area contributed by atoms with E-state index in [0.29, 0.717) is 0 Å². The summed E-state index contributed by atoms with van der Waals surface area (Å²) in [6.07, 6.45) is 3.47. The smallest absolute Gasteiger partial charge is 0.138 e. The maximum Gasteiger partial charge on any atom is 0.138 e. The molecule has 0 saturated heterocycles. The van der Waals surface area contributed by atoms with Crippen LogP contribution in [-0.2, 0) is 13.0 Å². The van der Waals surface area contributed by atoms with Gasteiger partial charge in [-0.15, -0.1) is 0 Å². The predicted molar refractivity (Wildman–Crippen MR) is 86.6 cm³/mol. The van der Waals surface area contributed by atoms with E-state index in [1.54, 1.807) is 6.33 Å². The number of likely N-dealkylation sites (N-methyl/N-ethyl adjacent to an activating group) is 1. The van der Waals surface area contributed by atoms with Gasteiger partial charge in [-0.1, -0.05) is 37.6 Å². The summed E-state index contributed by atoms with van der Waals surface area (Å²) in [6.45, 7) is 8.08. The van der Waals surface area contributed by atoms with Crippen LogP contribution >= 0.6 is 11.6 Å². The maximum atomic E-state index is 6.42. The van der Waals surface area contributed by atoms with E-state index < -0.39 is 0 Å². The highest BCUT2D eigenvalue weighted by molar-refractivity contribution is 6.31. The Labute approximate surface area is 131 Å². The van der Waals surface area contributed by atoms with Gasteiger partial charge in [0, 0.05) is 24.0 Å². The lowest BCUT2D eigenvalue weighted by molar-refractivity contribution is 0.499. The second kappa shape index (κ2) is 7.57. The SMILES string of the molecule is CCCn1ncnc1CC(NCC)c1ccc(C)cc1Cl. The van der Waals surface area contributed by atoms with Crippen molar-refractivity contribution in [2.24, 2.45) is 0 Å². The second-order valence-electron chi connectivity index (χ2n) is 5.24. The van der Waals surface area contributed by atoms with Crippen LogP contribution in [0.2, 0.25) is 5.02 Å². The molecule has 0 spiro atoms. The largest absolute Gasteiger partial charge is 0.310 e.